The molecule has 0 amide bonds. The highest BCUT2D eigenvalue weighted by atomic mass is 16.9. The largest absolute Gasteiger partial charge is 0.394 e. The summed E-state index contributed by atoms with van der Waals surface area (Å²) in [6.07, 6.45) is 1.04. The molecular weight excluding hydrogens is 170 g/mol. The zero-order valence-electron chi connectivity index (χ0n) is 8.49. The highest BCUT2D eigenvalue weighted by Crippen LogP contribution is 2.08. The van der Waals surface area contributed by atoms with E-state index in [0.717, 1.165) is 6.08 Å². The molecule has 0 aromatic heterocycles. The van der Waals surface area contributed by atoms with Crippen LogP contribution in [0, 0.1) is 5.92 Å². The molecule has 0 heterocycles. The van der Waals surface area contributed by atoms with Gasteiger partial charge in [-0.3, -0.25) is 0 Å². The average Bonchev–Trinajstić information content (AvgIpc) is 2.02. The SMILES string of the molecule is C=CC(=O)O[N+](O)(CC)CC(C)C. The first kappa shape index (κ1) is 12.1. The lowest BCUT2D eigenvalue weighted by Gasteiger charge is -2.25. The molecule has 1 unspecified atom stereocenters. The van der Waals surface area contributed by atoms with Crippen molar-refractivity contribution in [1.29, 1.82) is 0 Å². The molecule has 0 saturated heterocycles. The van der Waals surface area contributed by atoms with Gasteiger partial charge in [0.15, 0.2) is 6.54 Å². The molecule has 4 heteroatoms. The van der Waals surface area contributed by atoms with Crippen molar-refractivity contribution in [2.45, 2.75) is 20.8 Å². The number of hydroxylamine groups is 4. The second-order valence-electron chi connectivity index (χ2n) is 3.35. The lowest BCUT2D eigenvalue weighted by atomic mass is 10.2. The van der Waals surface area contributed by atoms with Crippen molar-refractivity contribution in [2.75, 3.05) is 13.1 Å². The summed E-state index contributed by atoms with van der Waals surface area (Å²) in [7, 11) is 0. The molecular formula is C9H18NO3+. The van der Waals surface area contributed by atoms with Gasteiger partial charge in [-0.05, 0) is 6.92 Å². The van der Waals surface area contributed by atoms with E-state index in [1.807, 2.05) is 13.8 Å². The number of nitrogens with zero attached hydrogens (tertiary/aromatic N) is 1. The Morgan fingerprint density at radius 1 is 1.69 bits per heavy atom. The summed E-state index contributed by atoms with van der Waals surface area (Å²) in [6, 6.07) is 0. The Labute approximate surface area is 78.9 Å². The van der Waals surface area contributed by atoms with Crippen molar-refractivity contribution in [3.05, 3.63) is 12.7 Å². The van der Waals surface area contributed by atoms with E-state index >= 15 is 0 Å². The van der Waals surface area contributed by atoms with Crippen LogP contribution >= 0.6 is 0 Å². The van der Waals surface area contributed by atoms with Crippen molar-refractivity contribution in [3.8, 4) is 0 Å². The van der Waals surface area contributed by atoms with Gasteiger partial charge in [0, 0.05) is 16.8 Å². The van der Waals surface area contributed by atoms with Crippen LogP contribution < -0.4 is 0 Å². The van der Waals surface area contributed by atoms with Gasteiger partial charge in [-0.2, -0.15) is 5.21 Å². The van der Waals surface area contributed by atoms with Crippen LogP contribution in [0.25, 0.3) is 0 Å². The second kappa shape index (κ2) is 4.99. The maximum absolute atomic E-state index is 10.9. The minimum absolute atomic E-state index is 0.252. The van der Waals surface area contributed by atoms with Gasteiger partial charge in [0.05, 0.1) is 0 Å². The molecule has 0 aliphatic rings. The van der Waals surface area contributed by atoms with Crippen molar-refractivity contribution >= 4 is 5.97 Å². The Morgan fingerprint density at radius 3 is 2.54 bits per heavy atom. The lowest BCUT2D eigenvalue weighted by Crippen LogP contribution is -2.48. The first-order valence-corrected chi connectivity index (χ1v) is 4.39. The third-order valence-electron chi connectivity index (χ3n) is 1.57. The predicted molar refractivity (Wildman–Crippen MR) is 48.6 cm³/mol. The van der Waals surface area contributed by atoms with Crippen LogP contribution in [-0.2, 0) is 9.63 Å². The maximum Gasteiger partial charge on any atom is 0.394 e. The summed E-state index contributed by atoms with van der Waals surface area (Å²) in [5, 5.41) is 9.74. The molecule has 0 bridgehead atoms. The zero-order valence-corrected chi connectivity index (χ0v) is 8.49. The number of quaternary nitrogens is 1. The van der Waals surface area contributed by atoms with E-state index in [2.05, 4.69) is 6.58 Å². The average molecular weight is 188 g/mol. The number of rotatable bonds is 5. The van der Waals surface area contributed by atoms with Gasteiger partial charge in [0.2, 0.25) is 0 Å². The van der Waals surface area contributed by atoms with E-state index in [-0.39, 0.29) is 5.92 Å². The molecule has 0 aliphatic carbocycles. The molecule has 0 aliphatic heterocycles. The smallest absolute Gasteiger partial charge is 0.240 e. The Bertz CT molecular complexity index is 191. The lowest BCUT2D eigenvalue weighted by molar-refractivity contribution is -1.23. The van der Waals surface area contributed by atoms with Crippen LogP contribution in [0.3, 0.4) is 0 Å². The van der Waals surface area contributed by atoms with Gasteiger partial charge in [-0.15, -0.1) is 0 Å². The Balaban J connectivity index is 4.26. The first-order chi connectivity index (χ1) is 5.93. The summed E-state index contributed by atoms with van der Waals surface area (Å²) >= 11 is 0. The summed E-state index contributed by atoms with van der Waals surface area (Å²) < 4.78 is 0. The highest BCUT2D eigenvalue weighted by molar-refractivity contribution is 5.80. The van der Waals surface area contributed by atoms with E-state index in [1.165, 1.54) is 0 Å². The van der Waals surface area contributed by atoms with Crippen LogP contribution in [0.1, 0.15) is 20.8 Å². The van der Waals surface area contributed by atoms with Gasteiger partial charge in [-0.25, -0.2) is 9.63 Å². The number of hydrogen-bond donors (Lipinski definition) is 1. The third-order valence-corrected chi connectivity index (χ3v) is 1.57. The number of carbonyl (C=O) groups excluding carboxylic acids is 1. The fraction of sp³-hybridized carbons (Fsp3) is 0.667. The van der Waals surface area contributed by atoms with Crippen LogP contribution in [0.2, 0.25) is 0 Å². The Hall–Kier alpha value is -0.870. The monoisotopic (exact) mass is 188 g/mol. The topological polar surface area (TPSA) is 46.5 Å². The molecule has 0 radical (unpaired) electrons. The van der Waals surface area contributed by atoms with E-state index in [4.69, 9.17) is 4.84 Å². The Morgan fingerprint density at radius 2 is 2.23 bits per heavy atom. The fourth-order valence-corrected chi connectivity index (χ4v) is 1.01. The van der Waals surface area contributed by atoms with Gasteiger partial charge < -0.3 is 0 Å². The summed E-state index contributed by atoms with van der Waals surface area (Å²) in [5.74, 6) is -0.354. The van der Waals surface area contributed by atoms with Gasteiger partial charge in [0.1, 0.15) is 6.54 Å². The summed E-state index contributed by atoms with van der Waals surface area (Å²) in [4.78, 5) is 15.0. The summed E-state index contributed by atoms with van der Waals surface area (Å²) in [5.41, 5.74) is 0. The molecule has 4 nitrogen and oxygen atoms in total. The first-order valence-electron chi connectivity index (χ1n) is 4.39. The molecule has 76 valence electrons. The molecule has 0 saturated carbocycles. The quantitative estimate of drug-likeness (QED) is 0.404. The molecule has 0 rings (SSSR count). The molecule has 13 heavy (non-hydrogen) atoms. The molecule has 0 fully saturated rings. The maximum atomic E-state index is 10.9. The minimum atomic E-state index is -0.678. The van der Waals surface area contributed by atoms with Crippen molar-refractivity contribution in [2.24, 2.45) is 5.92 Å². The van der Waals surface area contributed by atoms with Gasteiger partial charge in [-0.1, -0.05) is 20.4 Å². The van der Waals surface area contributed by atoms with Crippen LogP contribution in [0.5, 0.6) is 0 Å². The standard InChI is InChI=1S/C9H18NO3/c1-5-9(11)13-10(12,6-2)7-8(3)4/h5,8,12H,1,6-7H2,2-4H3/q+1. The normalized spacial score (nSPS) is 15.2. The van der Waals surface area contributed by atoms with E-state index in [0.29, 0.717) is 13.1 Å². The van der Waals surface area contributed by atoms with Crippen LogP contribution in [-0.4, -0.2) is 29.1 Å². The van der Waals surface area contributed by atoms with Gasteiger partial charge in [0.25, 0.3) is 0 Å². The fourth-order valence-electron chi connectivity index (χ4n) is 1.01. The second-order valence-corrected chi connectivity index (χ2v) is 3.35. The highest BCUT2D eigenvalue weighted by Gasteiger charge is 2.29. The number of carbonyl (C=O) groups is 1. The molecule has 1 N–H and O–H groups in total. The van der Waals surface area contributed by atoms with E-state index in [1.54, 1.807) is 6.92 Å². The molecule has 0 spiro atoms. The predicted octanol–water partition coefficient (Wildman–Crippen LogP) is 1.51. The number of hydrogen-bond acceptors (Lipinski definition) is 3. The van der Waals surface area contributed by atoms with Gasteiger partial charge >= 0.3 is 5.97 Å². The molecule has 0 aromatic carbocycles. The van der Waals surface area contributed by atoms with Crippen LogP contribution in [0.4, 0.5) is 0 Å². The Kier molecular flexibility index (Phi) is 4.66. The third kappa shape index (κ3) is 4.65. The summed E-state index contributed by atoms with van der Waals surface area (Å²) in [6.45, 7) is 9.62. The van der Waals surface area contributed by atoms with Crippen molar-refractivity contribution in [1.82, 2.24) is 0 Å². The molecule has 1 atom stereocenters. The van der Waals surface area contributed by atoms with Crippen molar-refractivity contribution < 1.29 is 19.6 Å². The van der Waals surface area contributed by atoms with Crippen LogP contribution in [0.15, 0.2) is 12.7 Å². The minimum Gasteiger partial charge on any atom is -0.240 e. The molecule has 0 aromatic rings. The van der Waals surface area contributed by atoms with E-state index in [9.17, 15) is 10.0 Å². The van der Waals surface area contributed by atoms with E-state index < -0.39 is 10.8 Å². The zero-order chi connectivity index (χ0) is 10.5. The van der Waals surface area contributed by atoms with Crippen molar-refractivity contribution in [3.63, 3.8) is 0 Å².